The Morgan fingerprint density at radius 2 is 1.95 bits per heavy atom. The van der Waals surface area contributed by atoms with E-state index < -0.39 is 12.7 Å². The fraction of sp³-hybridized carbons (Fsp3) is 0.714. The van der Waals surface area contributed by atoms with Gasteiger partial charge < -0.3 is 10.2 Å². The molecule has 0 saturated heterocycles. The Kier molecular flexibility index (Phi) is 6.87. The summed E-state index contributed by atoms with van der Waals surface area (Å²) in [7, 11) is 0. The van der Waals surface area contributed by atoms with Crippen LogP contribution in [0.2, 0.25) is 0 Å². The van der Waals surface area contributed by atoms with Gasteiger partial charge in [0.25, 0.3) is 0 Å². The number of aromatic nitrogens is 2. The van der Waals surface area contributed by atoms with Crippen LogP contribution in [0.3, 0.4) is 0 Å². The number of hydrogen-bond acceptors (Lipinski definition) is 4. The summed E-state index contributed by atoms with van der Waals surface area (Å²) in [6, 6.07) is 0. The molecule has 0 saturated carbocycles. The molecule has 0 amide bonds. The summed E-state index contributed by atoms with van der Waals surface area (Å²) in [5.41, 5.74) is 1.63. The van der Waals surface area contributed by atoms with Gasteiger partial charge in [-0.1, -0.05) is 13.8 Å². The summed E-state index contributed by atoms with van der Waals surface area (Å²) in [5, 5.41) is 3.23. The van der Waals surface area contributed by atoms with Gasteiger partial charge in [0.15, 0.2) is 0 Å². The summed E-state index contributed by atoms with van der Waals surface area (Å²) in [6.07, 6.45) is -1.01. The lowest BCUT2D eigenvalue weighted by Gasteiger charge is -2.23. The van der Waals surface area contributed by atoms with Crippen LogP contribution in [0.25, 0.3) is 0 Å². The number of anilines is 1. The Morgan fingerprint density at radius 1 is 1.24 bits per heavy atom. The van der Waals surface area contributed by atoms with Gasteiger partial charge in [0.2, 0.25) is 5.95 Å². The van der Waals surface area contributed by atoms with Gasteiger partial charge in [0.1, 0.15) is 6.54 Å². The van der Waals surface area contributed by atoms with Crippen LogP contribution in [0.4, 0.5) is 19.1 Å². The van der Waals surface area contributed by atoms with Gasteiger partial charge in [0, 0.05) is 30.5 Å². The van der Waals surface area contributed by atoms with Crippen molar-refractivity contribution in [3.63, 3.8) is 0 Å². The number of rotatable bonds is 8. The van der Waals surface area contributed by atoms with E-state index in [0.29, 0.717) is 18.7 Å². The smallest absolute Gasteiger partial charge is 0.332 e. The van der Waals surface area contributed by atoms with Gasteiger partial charge in [-0.05, 0) is 26.3 Å². The first-order chi connectivity index (χ1) is 9.87. The second kappa shape index (κ2) is 8.17. The third-order valence-electron chi connectivity index (χ3n) is 2.96. The average Bonchev–Trinajstić information content (AvgIpc) is 2.39. The Labute approximate surface area is 123 Å². The van der Waals surface area contributed by atoms with Crippen LogP contribution in [-0.4, -0.2) is 35.8 Å². The van der Waals surface area contributed by atoms with E-state index in [9.17, 15) is 13.2 Å². The summed E-state index contributed by atoms with van der Waals surface area (Å²) < 4.78 is 37.8. The molecule has 0 spiro atoms. The van der Waals surface area contributed by atoms with Gasteiger partial charge >= 0.3 is 6.18 Å². The molecule has 0 aliphatic heterocycles. The van der Waals surface area contributed by atoms with Crippen molar-refractivity contribution in [1.82, 2.24) is 15.3 Å². The van der Waals surface area contributed by atoms with E-state index in [1.807, 2.05) is 6.92 Å². The molecule has 0 aliphatic carbocycles. The predicted molar refractivity (Wildman–Crippen MR) is 77.3 cm³/mol. The summed E-state index contributed by atoms with van der Waals surface area (Å²) in [6.45, 7) is 6.48. The van der Waals surface area contributed by atoms with Gasteiger partial charge in [-0.3, -0.25) is 0 Å². The molecule has 1 heterocycles. The molecule has 120 valence electrons. The highest BCUT2D eigenvalue weighted by Crippen LogP contribution is 2.20. The van der Waals surface area contributed by atoms with E-state index in [1.54, 1.807) is 13.1 Å². The molecule has 21 heavy (non-hydrogen) atoms. The maximum atomic E-state index is 12.6. The van der Waals surface area contributed by atoms with E-state index >= 15 is 0 Å². The first-order valence-corrected chi connectivity index (χ1v) is 7.22. The molecule has 1 N–H and O–H groups in total. The van der Waals surface area contributed by atoms with Crippen LogP contribution in [0.1, 0.15) is 37.9 Å². The first-order valence-electron chi connectivity index (χ1n) is 7.22. The Bertz CT molecular complexity index is 435. The Hall–Kier alpha value is -1.37. The van der Waals surface area contributed by atoms with Crippen molar-refractivity contribution in [3.05, 3.63) is 17.5 Å². The largest absolute Gasteiger partial charge is 0.406 e. The maximum absolute atomic E-state index is 12.6. The summed E-state index contributed by atoms with van der Waals surface area (Å²) in [4.78, 5) is 9.50. The van der Waals surface area contributed by atoms with E-state index in [1.165, 1.54) is 4.90 Å². The minimum absolute atomic E-state index is 0.144. The predicted octanol–water partition coefficient (Wildman–Crippen LogP) is 3.06. The lowest BCUT2D eigenvalue weighted by atomic mass is 10.2. The minimum atomic E-state index is -4.26. The molecule has 7 heteroatoms. The number of hydrogen-bond donors (Lipinski definition) is 1. The quantitative estimate of drug-likeness (QED) is 0.749. The fourth-order valence-corrected chi connectivity index (χ4v) is 1.94. The zero-order valence-corrected chi connectivity index (χ0v) is 12.8. The van der Waals surface area contributed by atoms with Crippen LogP contribution in [0.5, 0.6) is 0 Å². The Morgan fingerprint density at radius 3 is 2.48 bits per heavy atom. The van der Waals surface area contributed by atoms with Crippen LogP contribution in [0, 0.1) is 6.92 Å². The molecular formula is C14H23F3N4. The van der Waals surface area contributed by atoms with Crippen LogP contribution < -0.4 is 10.2 Å². The molecule has 1 aromatic heterocycles. The van der Waals surface area contributed by atoms with Crippen molar-refractivity contribution in [2.75, 3.05) is 24.5 Å². The van der Waals surface area contributed by atoms with Gasteiger partial charge in [-0.15, -0.1) is 0 Å². The highest BCUT2D eigenvalue weighted by atomic mass is 19.4. The maximum Gasteiger partial charge on any atom is 0.406 e. The number of alkyl halides is 3. The third-order valence-corrected chi connectivity index (χ3v) is 2.96. The van der Waals surface area contributed by atoms with Crippen LogP contribution in [-0.2, 0) is 6.54 Å². The molecule has 0 unspecified atom stereocenters. The molecule has 0 aliphatic rings. The Balaban J connectivity index is 2.82. The number of nitrogens with zero attached hydrogens (tertiary/aromatic N) is 3. The second-order valence-electron chi connectivity index (χ2n) is 4.99. The molecular weight excluding hydrogens is 281 g/mol. The molecule has 1 rings (SSSR count). The first kappa shape index (κ1) is 17.7. The topological polar surface area (TPSA) is 41.1 Å². The number of nitrogens with one attached hydrogen (secondary N) is 1. The van der Waals surface area contributed by atoms with Crippen LogP contribution in [0.15, 0.2) is 6.20 Å². The van der Waals surface area contributed by atoms with Gasteiger partial charge in [0.05, 0.1) is 0 Å². The minimum Gasteiger partial charge on any atom is -0.332 e. The van der Waals surface area contributed by atoms with Gasteiger partial charge in [-0.2, -0.15) is 13.2 Å². The van der Waals surface area contributed by atoms with E-state index in [0.717, 1.165) is 18.5 Å². The standard InChI is InChI=1S/C14H23F3N4/c1-4-6-18-8-12-9-19-13(20-11(12)3)21(7-5-2)10-14(15,16)17/h9,18H,4-8,10H2,1-3H3. The molecule has 4 nitrogen and oxygen atoms in total. The second-order valence-corrected chi connectivity index (χ2v) is 4.99. The normalized spacial score (nSPS) is 11.7. The van der Waals surface area contributed by atoms with E-state index in [2.05, 4.69) is 22.2 Å². The van der Waals surface area contributed by atoms with Crippen molar-refractivity contribution >= 4 is 5.95 Å². The lowest BCUT2D eigenvalue weighted by molar-refractivity contribution is -0.119. The van der Waals surface area contributed by atoms with Crippen molar-refractivity contribution in [3.8, 4) is 0 Å². The highest BCUT2D eigenvalue weighted by molar-refractivity contribution is 5.33. The zero-order valence-electron chi connectivity index (χ0n) is 12.8. The van der Waals surface area contributed by atoms with Crippen molar-refractivity contribution in [2.24, 2.45) is 0 Å². The molecule has 1 aromatic rings. The average molecular weight is 304 g/mol. The summed E-state index contributed by atoms with van der Waals surface area (Å²) >= 11 is 0. The van der Waals surface area contributed by atoms with Gasteiger partial charge in [-0.25, -0.2) is 9.97 Å². The number of halogens is 3. The molecule has 0 aromatic carbocycles. The third kappa shape index (κ3) is 6.29. The number of aryl methyl sites for hydroxylation is 1. The highest BCUT2D eigenvalue weighted by Gasteiger charge is 2.31. The van der Waals surface area contributed by atoms with Crippen molar-refractivity contribution in [2.45, 2.75) is 46.3 Å². The van der Waals surface area contributed by atoms with E-state index in [-0.39, 0.29) is 12.5 Å². The lowest BCUT2D eigenvalue weighted by Crippen LogP contribution is -2.36. The van der Waals surface area contributed by atoms with Crippen molar-refractivity contribution < 1.29 is 13.2 Å². The monoisotopic (exact) mass is 304 g/mol. The molecule has 0 radical (unpaired) electrons. The fourth-order valence-electron chi connectivity index (χ4n) is 1.94. The summed E-state index contributed by atoms with van der Waals surface area (Å²) in [5.74, 6) is 0.144. The molecule has 0 atom stereocenters. The SMILES string of the molecule is CCCNCc1cnc(N(CCC)CC(F)(F)F)nc1C. The molecule has 0 fully saturated rings. The van der Waals surface area contributed by atoms with E-state index in [4.69, 9.17) is 0 Å². The molecule has 0 bridgehead atoms. The van der Waals surface area contributed by atoms with Crippen molar-refractivity contribution in [1.29, 1.82) is 0 Å². The van der Waals surface area contributed by atoms with Crippen LogP contribution >= 0.6 is 0 Å². The zero-order chi connectivity index (χ0) is 15.9.